The van der Waals surface area contributed by atoms with Crippen molar-refractivity contribution in [1.82, 2.24) is 0 Å². The zero-order valence-electron chi connectivity index (χ0n) is 10.6. The van der Waals surface area contributed by atoms with Gasteiger partial charge in [-0.3, -0.25) is 0 Å². The summed E-state index contributed by atoms with van der Waals surface area (Å²) >= 11 is 0. The fourth-order valence-corrected chi connectivity index (χ4v) is 1.72. The quantitative estimate of drug-likeness (QED) is 0.580. The first-order chi connectivity index (χ1) is 10.2. The van der Waals surface area contributed by atoms with Gasteiger partial charge in [-0.05, 0) is 12.1 Å². The molecule has 0 unspecified atom stereocenters. The van der Waals surface area contributed by atoms with Gasteiger partial charge in [0.05, 0.1) is 5.56 Å². The number of hydrogen-bond acceptors (Lipinski definition) is 1. The molecule has 0 saturated carbocycles. The molecule has 0 aromatic heterocycles. The van der Waals surface area contributed by atoms with E-state index < -0.39 is 47.2 Å². The molecule has 0 radical (unpaired) electrons. The number of benzene rings is 2. The first kappa shape index (κ1) is 16.1. The van der Waals surface area contributed by atoms with Gasteiger partial charge in [0.2, 0.25) is 0 Å². The van der Waals surface area contributed by atoms with E-state index in [1.165, 1.54) is 24.3 Å². The maximum Gasteiger partial charge on any atom is 0.422 e. The summed E-state index contributed by atoms with van der Waals surface area (Å²) in [4.78, 5) is 0. The molecule has 1 nitrogen and oxygen atoms in total. The maximum absolute atomic E-state index is 13.6. The van der Waals surface area contributed by atoms with E-state index in [1.807, 2.05) is 0 Å². The lowest BCUT2D eigenvalue weighted by molar-refractivity contribution is -0.143. The lowest BCUT2D eigenvalue weighted by Gasteiger charge is -2.14. The second-order valence-electron chi connectivity index (χ2n) is 4.21. The minimum absolute atomic E-state index is 0.127. The molecule has 22 heavy (non-hydrogen) atoms. The van der Waals surface area contributed by atoms with Crippen LogP contribution in [0.2, 0.25) is 0 Å². The van der Waals surface area contributed by atoms with Gasteiger partial charge in [0.25, 0.3) is 0 Å². The van der Waals surface area contributed by atoms with E-state index in [4.69, 9.17) is 4.74 Å². The number of hydrogen-bond donors (Lipinski definition) is 0. The molecule has 2 aromatic carbocycles. The van der Waals surface area contributed by atoms with Crippen LogP contribution in [0.1, 0.15) is 11.1 Å². The molecule has 2 rings (SSSR count). The van der Waals surface area contributed by atoms with Crippen LogP contribution in [-0.2, 0) is 12.8 Å². The van der Waals surface area contributed by atoms with E-state index in [1.54, 1.807) is 6.07 Å². The van der Waals surface area contributed by atoms with Crippen molar-refractivity contribution in [3.05, 3.63) is 64.7 Å². The van der Waals surface area contributed by atoms with Crippen LogP contribution in [0.25, 0.3) is 0 Å². The molecule has 118 valence electrons. The Kier molecular flexibility index (Phi) is 4.30. The minimum Gasteiger partial charge on any atom is -0.489 e. The molecule has 0 fully saturated rings. The zero-order valence-corrected chi connectivity index (χ0v) is 10.6. The molecule has 0 spiro atoms. The van der Waals surface area contributed by atoms with E-state index in [9.17, 15) is 30.7 Å². The Morgan fingerprint density at radius 2 is 1.27 bits per heavy atom. The van der Waals surface area contributed by atoms with E-state index in [0.29, 0.717) is 0 Å². The number of alkyl halides is 3. The molecule has 2 aromatic rings. The van der Waals surface area contributed by atoms with E-state index in [-0.39, 0.29) is 5.75 Å². The largest absolute Gasteiger partial charge is 0.489 e. The average molecular weight is 324 g/mol. The first-order valence-corrected chi connectivity index (χ1v) is 5.83. The molecule has 0 heterocycles. The number of ether oxygens (including phenoxy) is 1. The summed E-state index contributed by atoms with van der Waals surface area (Å²) < 4.78 is 96.0. The lowest BCUT2D eigenvalue weighted by Crippen LogP contribution is -2.18. The Bertz CT molecular complexity index is 651. The summed E-state index contributed by atoms with van der Waals surface area (Å²) in [6.45, 7) is -0.965. The highest BCUT2D eigenvalue weighted by molar-refractivity contribution is 5.32. The summed E-state index contributed by atoms with van der Waals surface area (Å²) in [6.07, 6.45) is -5.56. The van der Waals surface area contributed by atoms with Crippen molar-refractivity contribution >= 4 is 0 Å². The van der Waals surface area contributed by atoms with Gasteiger partial charge in [0.15, 0.2) is 23.3 Å². The normalized spacial score (nSPS) is 11.6. The Morgan fingerprint density at radius 1 is 0.773 bits per heavy atom. The van der Waals surface area contributed by atoms with Crippen LogP contribution in [0.15, 0.2) is 30.3 Å². The number of para-hydroxylation sites is 1. The standard InChI is InChI=1S/C14H7F7O/c15-10-8(6-22-7-4-2-1-3-5-7)11(16)13(18)9(12(10)17)14(19,20)21/h1-5H,6H2. The first-order valence-electron chi connectivity index (χ1n) is 5.83. The SMILES string of the molecule is Fc1c(F)c(C(F)(F)F)c(F)c(F)c1COc1ccccc1. The minimum atomic E-state index is -5.56. The van der Waals surface area contributed by atoms with Crippen LogP contribution < -0.4 is 4.74 Å². The van der Waals surface area contributed by atoms with Crippen molar-refractivity contribution in [1.29, 1.82) is 0 Å². The molecule has 0 saturated heterocycles. The van der Waals surface area contributed by atoms with Gasteiger partial charge < -0.3 is 4.74 Å². The summed E-state index contributed by atoms with van der Waals surface area (Å²) in [5, 5.41) is 0. The van der Waals surface area contributed by atoms with Crippen LogP contribution in [0.3, 0.4) is 0 Å². The second kappa shape index (κ2) is 5.86. The average Bonchev–Trinajstić information content (AvgIpc) is 2.45. The lowest BCUT2D eigenvalue weighted by atomic mass is 10.1. The van der Waals surface area contributed by atoms with E-state index in [0.717, 1.165) is 0 Å². The molecule has 0 amide bonds. The highest BCUT2D eigenvalue weighted by Crippen LogP contribution is 2.37. The van der Waals surface area contributed by atoms with Gasteiger partial charge in [-0.15, -0.1) is 0 Å². The van der Waals surface area contributed by atoms with Crippen molar-refractivity contribution < 1.29 is 35.5 Å². The molecule has 0 aliphatic rings. The van der Waals surface area contributed by atoms with Gasteiger partial charge >= 0.3 is 6.18 Å². The highest BCUT2D eigenvalue weighted by atomic mass is 19.4. The molecular formula is C14H7F7O. The summed E-state index contributed by atoms with van der Waals surface area (Å²) in [6, 6.07) is 7.45. The molecule has 0 aliphatic heterocycles. The molecule has 0 bridgehead atoms. The Labute approximate surface area is 119 Å². The van der Waals surface area contributed by atoms with Crippen LogP contribution in [0.5, 0.6) is 5.75 Å². The maximum atomic E-state index is 13.6. The molecule has 0 N–H and O–H groups in total. The third kappa shape index (κ3) is 3.00. The van der Waals surface area contributed by atoms with Crippen molar-refractivity contribution in [2.24, 2.45) is 0 Å². The summed E-state index contributed by atoms with van der Waals surface area (Å²) in [5.74, 6) is -9.15. The van der Waals surface area contributed by atoms with Crippen molar-refractivity contribution in [2.45, 2.75) is 12.8 Å². The third-order valence-electron chi connectivity index (χ3n) is 2.76. The third-order valence-corrected chi connectivity index (χ3v) is 2.76. The van der Waals surface area contributed by atoms with E-state index in [2.05, 4.69) is 0 Å². The predicted molar refractivity (Wildman–Crippen MR) is 62.1 cm³/mol. The Morgan fingerprint density at radius 3 is 1.73 bits per heavy atom. The fourth-order valence-electron chi connectivity index (χ4n) is 1.72. The fraction of sp³-hybridized carbons (Fsp3) is 0.143. The number of rotatable bonds is 3. The monoisotopic (exact) mass is 324 g/mol. The molecule has 8 heteroatoms. The smallest absolute Gasteiger partial charge is 0.422 e. The van der Waals surface area contributed by atoms with Crippen LogP contribution in [0, 0.1) is 23.3 Å². The summed E-state index contributed by atoms with van der Waals surface area (Å²) in [7, 11) is 0. The van der Waals surface area contributed by atoms with E-state index >= 15 is 0 Å². The Hall–Kier alpha value is -2.25. The van der Waals surface area contributed by atoms with Crippen LogP contribution >= 0.6 is 0 Å². The predicted octanol–water partition coefficient (Wildman–Crippen LogP) is 4.84. The molecule has 0 atom stereocenters. The van der Waals surface area contributed by atoms with Crippen molar-refractivity contribution in [3.8, 4) is 5.75 Å². The van der Waals surface area contributed by atoms with Crippen molar-refractivity contribution in [2.75, 3.05) is 0 Å². The van der Waals surface area contributed by atoms with Gasteiger partial charge in [-0.2, -0.15) is 13.2 Å². The van der Waals surface area contributed by atoms with Gasteiger partial charge in [-0.25, -0.2) is 17.6 Å². The van der Waals surface area contributed by atoms with Crippen molar-refractivity contribution in [3.63, 3.8) is 0 Å². The summed E-state index contributed by atoms with van der Waals surface area (Å²) in [5.41, 5.74) is -3.86. The molecular weight excluding hydrogens is 317 g/mol. The van der Waals surface area contributed by atoms with Gasteiger partial charge in [0.1, 0.15) is 17.9 Å². The van der Waals surface area contributed by atoms with Crippen LogP contribution in [0.4, 0.5) is 30.7 Å². The zero-order chi connectivity index (χ0) is 16.5. The second-order valence-corrected chi connectivity index (χ2v) is 4.21. The number of halogens is 7. The van der Waals surface area contributed by atoms with Gasteiger partial charge in [0, 0.05) is 0 Å². The topological polar surface area (TPSA) is 9.23 Å². The van der Waals surface area contributed by atoms with Crippen LogP contribution in [-0.4, -0.2) is 0 Å². The molecule has 0 aliphatic carbocycles. The Balaban J connectivity index is 2.42. The highest BCUT2D eigenvalue weighted by Gasteiger charge is 2.42. The van der Waals surface area contributed by atoms with Gasteiger partial charge in [-0.1, -0.05) is 18.2 Å².